The van der Waals surface area contributed by atoms with Crippen molar-refractivity contribution in [3.63, 3.8) is 0 Å². The first-order valence-electron chi connectivity index (χ1n) is 5.33. The molecule has 0 saturated heterocycles. The number of ether oxygens (including phenoxy) is 1. The van der Waals surface area contributed by atoms with Crippen molar-refractivity contribution in [3.05, 3.63) is 29.6 Å². The molecule has 0 aliphatic heterocycles. The molecule has 0 amide bonds. The molecule has 4 nitrogen and oxygen atoms in total. The van der Waals surface area contributed by atoms with Crippen LogP contribution in [0.4, 0.5) is 4.39 Å². The molecule has 0 aliphatic carbocycles. The minimum absolute atomic E-state index is 0.308. The van der Waals surface area contributed by atoms with Gasteiger partial charge < -0.3 is 10.1 Å². The van der Waals surface area contributed by atoms with E-state index in [0.717, 1.165) is 18.5 Å². The Morgan fingerprint density at radius 2 is 2.25 bits per heavy atom. The van der Waals surface area contributed by atoms with Crippen LogP contribution in [-0.2, 0) is 6.42 Å². The highest BCUT2D eigenvalue weighted by Crippen LogP contribution is 2.18. The topological polar surface area (TPSA) is 59.3 Å². The molecule has 0 radical (unpaired) electrons. The number of nitrogens with one attached hydrogen (secondary N) is 2. The summed E-state index contributed by atoms with van der Waals surface area (Å²) < 4.78 is 18.6. The standard InChI is InChI=1S/C11H18FN3O/c1-2-16-11-4-3-9(7-10(11)12)5-6-14-8-15-13/h3-4,7,14-15H,2,5-6,8,13H2,1H3. The van der Waals surface area contributed by atoms with E-state index in [4.69, 9.17) is 10.6 Å². The second kappa shape index (κ2) is 7.16. The quantitative estimate of drug-likeness (QED) is 0.279. The highest BCUT2D eigenvalue weighted by molar-refractivity contribution is 5.29. The molecular weight excluding hydrogens is 209 g/mol. The van der Waals surface area contributed by atoms with E-state index in [9.17, 15) is 4.39 Å². The summed E-state index contributed by atoms with van der Waals surface area (Å²) in [6, 6.07) is 5.03. The van der Waals surface area contributed by atoms with Crippen molar-refractivity contribution >= 4 is 0 Å². The monoisotopic (exact) mass is 227 g/mol. The molecule has 16 heavy (non-hydrogen) atoms. The Morgan fingerprint density at radius 3 is 2.88 bits per heavy atom. The molecule has 5 heteroatoms. The fraction of sp³-hybridized carbons (Fsp3) is 0.455. The van der Waals surface area contributed by atoms with Crippen LogP contribution in [0, 0.1) is 5.82 Å². The normalized spacial score (nSPS) is 10.4. The van der Waals surface area contributed by atoms with Crippen LogP contribution in [0.15, 0.2) is 18.2 Å². The zero-order chi connectivity index (χ0) is 11.8. The fourth-order valence-electron chi connectivity index (χ4n) is 1.37. The molecule has 0 bridgehead atoms. The van der Waals surface area contributed by atoms with Gasteiger partial charge in [-0.05, 0) is 31.0 Å². The average molecular weight is 227 g/mol. The lowest BCUT2D eigenvalue weighted by Gasteiger charge is -2.07. The molecule has 0 saturated carbocycles. The Hall–Kier alpha value is -1.17. The minimum atomic E-state index is -0.309. The van der Waals surface area contributed by atoms with Crippen LogP contribution in [0.3, 0.4) is 0 Å². The number of nitrogens with two attached hydrogens (primary N) is 1. The lowest BCUT2D eigenvalue weighted by atomic mass is 10.1. The van der Waals surface area contributed by atoms with E-state index in [1.54, 1.807) is 6.07 Å². The van der Waals surface area contributed by atoms with Crippen LogP contribution >= 0.6 is 0 Å². The van der Waals surface area contributed by atoms with Crippen molar-refractivity contribution in [2.24, 2.45) is 5.84 Å². The third-order valence-electron chi connectivity index (χ3n) is 2.11. The Morgan fingerprint density at radius 1 is 1.44 bits per heavy atom. The molecule has 0 unspecified atom stereocenters. The number of hydrogen-bond acceptors (Lipinski definition) is 4. The van der Waals surface area contributed by atoms with E-state index in [1.165, 1.54) is 6.07 Å². The molecule has 1 rings (SSSR count). The molecule has 0 spiro atoms. The fourth-order valence-corrected chi connectivity index (χ4v) is 1.37. The summed E-state index contributed by atoms with van der Waals surface area (Å²) in [6.07, 6.45) is 0.755. The van der Waals surface area contributed by atoms with Gasteiger partial charge in [0.1, 0.15) is 0 Å². The predicted octanol–water partition coefficient (Wildman–Crippen LogP) is 0.777. The highest BCUT2D eigenvalue weighted by Gasteiger charge is 2.03. The molecule has 0 aromatic heterocycles. The van der Waals surface area contributed by atoms with Gasteiger partial charge in [0.15, 0.2) is 11.6 Å². The Kier molecular flexibility index (Phi) is 5.77. The second-order valence-corrected chi connectivity index (χ2v) is 3.33. The number of rotatable bonds is 7. The second-order valence-electron chi connectivity index (χ2n) is 3.33. The predicted molar refractivity (Wildman–Crippen MR) is 61.5 cm³/mol. The third kappa shape index (κ3) is 4.14. The summed E-state index contributed by atoms with van der Waals surface area (Å²) in [6.45, 7) is 3.59. The van der Waals surface area contributed by atoms with Gasteiger partial charge in [-0.25, -0.2) is 9.82 Å². The molecule has 0 fully saturated rings. The van der Waals surface area contributed by atoms with Crippen molar-refractivity contribution in [2.45, 2.75) is 13.3 Å². The van der Waals surface area contributed by atoms with Crippen LogP contribution < -0.4 is 21.3 Å². The van der Waals surface area contributed by atoms with Crippen molar-refractivity contribution < 1.29 is 9.13 Å². The summed E-state index contributed by atoms with van der Waals surface area (Å²) in [5, 5.41) is 3.05. The SMILES string of the molecule is CCOc1ccc(CCNCNN)cc1F. The van der Waals surface area contributed by atoms with Gasteiger partial charge >= 0.3 is 0 Å². The van der Waals surface area contributed by atoms with E-state index in [1.807, 2.05) is 13.0 Å². The summed E-state index contributed by atoms with van der Waals surface area (Å²) in [5.74, 6) is 5.10. The Labute approximate surface area is 94.9 Å². The Balaban J connectivity index is 2.46. The minimum Gasteiger partial charge on any atom is -0.491 e. The van der Waals surface area contributed by atoms with E-state index in [2.05, 4.69) is 10.7 Å². The van der Waals surface area contributed by atoms with Gasteiger partial charge in [0, 0.05) is 6.54 Å². The molecule has 90 valence electrons. The third-order valence-corrected chi connectivity index (χ3v) is 2.11. The number of halogens is 1. The zero-order valence-corrected chi connectivity index (χ0v) is 9.42. The van der Waals surface area contributed by atoms with E-state index in [0.29, 0.717) is 19.0 Å². The lowest BCUT2D eigenvalue weighted by molar-refractivity contribution is 0.321. The van der Waals surface area contributed by atoms with Crippen LogP contribution in [0.2, 0.25) is 0 Å². The molecule has 0 atom stereocenters. The van der Waals surface area contributed by atoms with Gasteiger partial charge in [-0.15, -0.1) is 0 Å². The maximum atomic E-state index is 13.4. The lowest BCUT2D eigenvalue weighted by Crippen LogP contribution is -2.34. The zero-order valence-electron chi connectivity index (χ0n) is 9.42. The van der Waals surface area contributed by atoms with Gasteiger partial charge in [-0.1, -0.05) is 6.07 Å². The van der Waals surface area contributed by atoms with Crippen molar-refractivity contribution in [2.75, 3.05) is 19.8 Å². The average Bonchev–Trinajstić information content (AvgIpc) is 2.28. The van der Waals surface area contributed by atoms with E-state index < -0.39 is 0 Å². The molecule has 0 aliphatic rings. The van der Waals surface area contributed by atoms with Crippen LogP contribution in [0.5, 0.6) is 5.75 Å². The first-order chi connectivity index (χ1) is 7.77. The molecular formula is C11H18FN3O. The summed E-state index contributed by atoms with van der Waals surface area (Å²) in [5.41, 5.74) is 3.42. The number of hydrogen-bond donors (Lipinski definition) is 3. The molecule has 1 aromatic rings. The van der Waals surface area contributed by atoms with E-state index in [-0.39, 0.29) is 5.82 Å². The van der Waals surface area contributed by atoms with E-state index >= 15 is 0 Å². The summed E-state index contributed by atoms with van der Waals surface area (Å²) in [4.78, 5) is 0. The van der Waals surface area contributed by atoms with Crippen LogP contribution in [0.1, 0.15) is 12.5 Å². The Bertz CT molecular complexity index is 320. The largest absolute Gasteiger partial charge is 0.491 e. The van der Waals surface area contributed by atoms with Gasteiger partial charge in [0.05, 0.1) is 13.3 Å². The maximum Gasteiger partial charge on any atom is 0.165 e. The smallest absolute Gasteiger partial charge is 0.165 e. The number of benzene rings is 1. The summed E-state index contributed by atoms with van der Waals surface area (Å²) >= 11 is 0. The molecule has 0 heterocycles. The maximum absolute atomic E-state index is 13.4. The van der Waals surface area contributed by atoms with Crippen LogP contribution in [0.25, 0.3) is 0 Å². The van der Waals surface area contributed by atoms with Crippen molar-refractivity contribution in [3.8, 4) is 5.75 Å². The van der Waals surface area contributed by atoms with Gasteiger partial charge in [0.2, 0.25) is 0 Å². The van der Waals surface area contributed by atoms with Gasteiger partial charge in [-0.3, -0.25) is 5.84 Å². The number of hydrazine groups is 1. The van der Waals surface area contributed by atoms with Crippen LogP contribution in [-0.4, -0.2) is 19.8 Å². The summed E-state index contributed by atoms with van der Waals surface area (Å²) in [7, 11) is 0. The van der Waals surface area contributed by atoms with Gasteiger partial charge in [0.25, 0.3) is 0 Å². The van der Waals surface area contributed by atoms with Gasteiger partial charge in [-0.2, -0.15) is 0 Å². The first kappa shape index (κ1) is 12.9. The van der Waals surface area contributed by atoms with Crippen molar-refractivity contribution in [1.82, 2.24) is 10.7 Å². The first-order valence-corrected chi connectivity index (χ1v) is 5.33. The van der Waals surface area contributed by atoms with Crippen molar-refractivity contribution in [1.29, 1.82) is 0 Å². The highest BCUT2D eigenvalue weighted by atomic mass is 19.1. The molecule has 1 aromatic carbocycles. The molecule has 4 N–H and O–H groups in total.